The molecule has 0 aromatic heterocycles. The normalized spacial score (nSPS) is 16.5. The van der Waals surface area contributed by atoms with Crippen molar-refractivity contribution >= 4 is 105 Å². The van der Waals surface area contributed by atoms with E-state index in [4.69, 9.17) is 31.4 Å². The number of thioether (sulfide) groups is 2. The lowest BCUT2D eigenvalue weighted by Gasteiger charge is -2.32. The number of benzene rings is 1. The third kappa shape index (κ3) is 27.5. The minimum absolute atomic E-state index is 0.00345. The van der Waals surface area contributed by atoms with E-state index in [9.17, 15) is 66.3 Å². The van der Waals surface area contributed by atoms with E-state index >= 15 is 0 Å². The van der Waals surface area contributed by atoms with Crippen LogP contribution < -0.4 is 69.2 Å². The second-order valence-corrected chi connectivity index (χ2v) is 29.0. The Labute approximate surface area is 552 Å². The molecule has 0 radical (unpaired) electrons. The molecule has 524 valence electrons. The summed E-state index contributed by atoms with van der Waals surface area (Å²) in [7, 11) is -4.33. The van der Waals surface area contributed by atoms with E-state index < -0.39 is 148 Å². The largest absolute Gasteiger partial charge is 0.487 e. The van der Waals surface area contributed by atoms with Crippen molar-refractivity contribution in [3.05, 3.63) is 22.3 Å². The maximum absolute atomic E-state index is 14.8. The van der Waals surface area contributed by atoms with Crippen molar-refractivity contribution in [1.29, 1.82) is 0 Å². The third-order valence-electron chi connectivity index (χ3n) is 14.3. The number of carboxylic acid groups (broad SMARTS) is 1. The van der Waals surface area contributed by atoms with Crippen molar-refractivity contribution in [1.82, 2.24) is 52.2 Å². The van der Waals surface area contributed by atoms with E-state index in [-0.39, 0.29) is 85.2 Å². The zero-order valence-electron chi connectivity index (χ0n) is 55.6. The van der Waals surface area contributed by atoms with Gasteiger partial charge in [0.2, 0.25) is 59.1 Å². The Morgan fingerprint density at radius 2 is 1.32 bits per heavy atom. The van der Waals surface area contributed by atoms with Crippen LogP contribution in [0.25, 0.3) is 0 Å². The summed E-state index contributed by atoms with van der Waals surface area (Å²) in [5.41, 5.74) is 17.5. The predicted octanol–water partition coefficient (Wildman–Crippen LogP) is -1.03. The van der Waals surface area contributed by atoms with Crippen LogP contribution >= 0.6 is 23.5 Å². The van der Waals surface area contributed by atoms with Crippen LogP contribution in [0.3, 0.4) is 0 Å². The van der Waals surface area contributed by atoms with Gasteiger partial charge in [0.25, 0.3) is 10.0 Å². The van der Waals surface area contributed by atoms with Gasteiger partial charge in [0, 0.05) is 50.4 Å². The lowest BCUT2D eigenvalue weighted by Crippen LogP contribution is -2.61. The molecule has 7 atom stereocenters. The number of likely N-dealkylation sites (tertiary alicyclic amines) is 1. The zero-order chi connectivity index (χ0) is 70.3. The molecule has 1 fully saturated rings. The number of aliphatic imine (C=N–C) groups is 1. The van der Waals surface area contributed by atoms with E-state index in [1.807, 2.05) is 13.8 Å². The van der Waals surface area contributed by atoms with Gasteiger partial charge in [-0.15, -0.1) is 23.5 Å². The van der Waals surface area contributed by atoms with Crippen LogP contribution in [0.4, 0.5) is 0 Å². The molecule has 2 aliphatic rings. The van der Waals surface area contributed by atoms with Gasteiger partial charge < -0.3 is 84.0 Å². The number of nitrogens with one attached hydrogen (secondary N) is 9. The molecule has 1 aromatic carbocycles. The van der Waals surface area contributed by atoms with Gasteiger partial charge in [-0.3, -0.25) is 52.9 Å². The number of fused-ring (bicyclic) bond motifs is 1. The summed E-state index contributed by atoms with van der Waals surface area (Å²) in [6.07, 6.45) is 0.526. The molecular weight excluding hydrogens is 1270 g/mol. The number of carbonyl (C=O) groups is 11. The second-order valence-electron chi connectivity index (χ2n) is 25.3. The highest BCUT2D eigenvalue weighted by Crippen LogP contribution is 2.43. The number of ether oxygens (including phenoxy) is 3. The van der Waals surface area contributed by atoms with Crippen molar-refractivity contribution in [2.75, 3.05) is 56.0 Å². The Bertz CT molecular complexity index is 3010. The van der Waals surface area contributed by atoms with E-state index in [2.05, 4.69) is 52.2 Å². The van der Waals surface area contributed by atoms with Gasteiger partial charge >= 0.3 is 11.9 Å². The molecule has 16 N–H and O–H groups in total. The summed E-state index contributed by atoms with van der Waals surface area (Å²) in [6, 6.07) is -10.1. The van der Waals surface area contributed by atoms with Crippen molar-refractivity contribution in [3.8, 4) is 5.75 Å². The number of amides is 9. The van der Waals surface area contributed by atoms with Crippen molar-refractivity contribution in [2.24, 2.45) is 22.2 Å². The fourth-order valence-corrected chi connectivity index (χ4v) is 13.0. The number of sulfonamides is 1. The number of esters is 1. The Morgan fingerprint density at radius 3 is 1.91 bits per heavy atom. The summed E-state index contributed by atoms with van der Waals surface area (Å²) >= 11 is 2.21. The number of rotatable bonds is 36. The molecule has 2 heterocycles. The fraction of sp³-hybridized carbons (Fsp3) is 0.695. The van der Waals surface area contributed by atoms with Gasteiger partial charge in [-0.05, 0) is 144 Å². The van der Waals surface area contributed by atoms with Crippen LogP contribution in [-0.2, 0) is 78.7 Å². The molecular formula is C59H98N14O17S3. The SMILES string of the molecule is CC(=O)NCSC[C@@H](N)C(=O)NCC(=O)N[C@@H](CCCN=C(N)NS(=O)(=O)c1c(C)c(C)c2c(c1C)CC(C)(C)O2)C(=O)N[C@@H](CC(=O)OC(C)(C)C)C(=O)N[C@@H](COC(C)(C)C)C(=O)N1CCC[C@H]1C(=O)N[C@@H](CSCNC(C)=O)C(=O)N[C@@H](CCCCN)C(=O)O. The number of aliphatic carboxylic acids is 1. The zero-order valence-corrected chi connectivity index (χ0v) is 58.0. The minimum atomic E-state index is -4.33. The summed E-state index contributed by atoms with van der Waals surface area (Å²) in [6.45, 7) is 20.0. The molecule has 0 saturated carbocycles. The van der Waals surface area contributed by atoms with Crippen LogP contribution in [0.15, 0.2) is 9.89 Å². The average Bonchev–Trinajstić information content (AvgIpc) is 1.66. The Hall–Kier alpha value is -7.01. The molecule has 0 unspecified atom stereocenters. The van der Waals surface area contributed by atoms with E-state index in [1.54, 1.807) is 62.3 Å². The van der Waals surface area contributed by atoms with Crippen molar-refractivity contribution in [2.45, 2.75) is 212 Å². The van der Waals surface area contributed by atoms with Crippen LogP contribution in [0.5, 0.6) is 5.75 Å². The van der Waals surface area contributed by atoms with Gasteiger partial charge in [0.1, 0.15) is 53.2 Å². The molecule has 0 bridgehead atoms. The molecule has 9 amide bonds. The van der Waals surface area contributed by atoms with E-state index in [0.29, 0.717) is 48.2 Å². The van der Waals surface area contributed by atoms with Crippen LogP contribution in [-0.4, -0.2) is 205 Å². The third-order valence-corrected chi connectivity index (χ3v) is 17.8. The molecule has 1 saturated heterocycles. The number of carbonyl (C=O) groups excluding carboxylic acids is 10. The predicted molar refractivity (Wildman–Crippen MR) is 349 cm³/mol. The van der Waals surface area contributed by atoms with Gasteiger partial charge in [0.05, 0.1) is 47.9 Å². The van der Waals surface area contributed by atoms with Crippen LogP contribution in [0.1, 0.15) is 143 Å². The molecule has 0 aliphatic carbocycles. The number of carboxylic acids is 1. The average molecular weight is 1370 g/mol. The Morgan fingerprint density at radius 1 is 0.742 bits per heavy atom. The molecule has 2 aliphatic heterocycles. The number of guanidine groups is 1. The first-order valence-electron chi connectivity index (χ1n) is 30.6. The number of unbranched alkanes of at least 4 members (excludes halogenated alkanes) is 1. The second kappa shape index (κ2) is 36.6. The first-order valence-corrected chi connectivity index (χ1v) is 34.4. The number of nitrogens with two attached hydrogens (primary N) is 3. The first-order chi connectivity index (χ1) is 43.2. The van der Waals surface area contributed by atoms with E-state index in [1.165, 1.54) is 18.7 Å². The van der Waals surface area contributed by atoms with Gasteiger partial charge in [-0.1, -0.05) is 0 Å². The van der Waals surface area contributed by atoms with Crippen molar-refractivity contribution in [3.63, 3.8) is 0 Å². The topological polar surface area (TPSA) is 472 Å². The maximum Gasteiger partial charge on any atom is 0.326 e. The molecule has 93 heavy (non-hydrogen) atoms. The highest BCUT2D eigenvalue weighted by molar-refractivity contribution is 7.99. The number of nitrogens with zero attached hydrogens (tertiary/aromatic N) is 2. The number of hydrogen-bond acceptors (Lipinski definition) is 21. The van der Waals surface area contributed by atoms with Crippen LogP contribution in [0.2, 0.25) is 0 Å². The monoisotopic (exact) mass is 1370 g/mol. The quantitative estimate of drug-likeness (QED) is 0.0126. The standard InChI is InChI=1S/C59H98N14O17S3/c1-32-33(2)48(34(3)37-25-59(12,13)90-47(32)37)93(86,87)72-56(62)63-22-16-19-39(67-45(76)26-64-49(78)38(61)28-91-30-65-35(4)74)50(79)69-41(24-46(77)89-58(9,10)11)51(80)70-42(27-88-57(6,7)8)54(83)73-23-17-20-44(73)53(82)71-43(29-92-31-66-36(5)75)52(81)68-40(55(84)85)18-14-15-21-60/h38-44H,14-31,60-61H2,1-13H3,(H,64,78)(H,65,74)(H,66,75)(H,67,76)(H,68,81)(H,69,79)(H,70,80)(H,71,82)(H,84,85)(H3,62,63,72)/t38-,39+,40+,41+,42+,43+,44+/m1/s1. The lowest BCUT2D eigenvalue weighted by molar-refractivity contribution is -0.157. The van der Waals surface area contributed by atoms with Gasteiger partial charge in [0.15, 0.2) is 0 Å². The molecule has 1 aromatic rings. The lowest BCUT2D eigenvalue weighted by atomic mass is 9.94. The summed E-state index contributed by atoms with van der Waals surface area (Å²) in [5.74, 6) is -9.05. The fourth-order valence-electron chi connectivity index (χ4n) is 9.71. The Kier molecular flexibility index (Phi) is 31.6. The van der Waals surface area contributed by atoms with Crippen LogP contribution in [0, 0.1) is 20.8 Å². The highest BCUT2D eigenvalue weighted by atomic mass is 32.2. The molecule has 3 rings (SSSR count). The summed E-state index contributed by atoms with van der Waals surface area (Å²) in [4.78, 5) is 153. The summed E-state index contributed by atoms with van der Waals surface area (Å²) in [5, 5.41) is 30.1. The highest BCUT2D eigenvalue weighted by Gasteiger charge is 2.42. The van der Waals surface area contributed by atoms with E-state index in [0.717, 1.165) is 29.1 Å². The van der Waals surface area contributed by atoms with Gasteiger partial charge in [-0.25, -0.2) is 17.9 Å². The smallest absolute Gasteiger partial charge is 0.326 e. The number of hydrogen-bond donors (Lipinski definition) is 13. The first kappa shape index (κ1) is 80.2. The summed E-state index contributed by atoms with van der Waals surface area (Å²) < 4.78 is 47.9. The maximum atomic E-state index is 14.8. The molecule has 31 nitrogen and oxygen atoms in total. The van der Waals surface area contributed by atoms with Gasteiger partial charge in [-0.2, -0.15) is 0 Å². The van der Waals surface area contributed by atoms with Crippen molar-refractivity contribution < 1.29 is 80.5 Å². The Balaban J connectivity index is 2.00. The molecule has 0 spiro atoms. The molecule has 34 heteroatoms. The minimum Gasteiger partial charge on any atom is -0.487 e.